The monoisotopic (exact) mass is 426 g/mol. The molecule has 158 valence electrons. The molecule has 0 radical (unpaired) electrons. The van der Waals surface area contributed by atoms with E-state index in [4.69, 9.17) is 4.74 Å². The van der Waals surface area contributed by atoms with E-state index in [1.165, 1.54) is 11.3 Å². The molecule has 1 N–H and O–H groups in total. The zero-order chi connectivity index (χ0) is 21.1. The van der Waals surface area contributed by atoms with E-state index in [0.717, 1.165) is 48.0 Å². The Morgan fingerprint density at radius 2 is 1.93 bits per heavy atom. The SMILES string of the molecule is CCC1=NCCCN1c1ccc(N2C[C@H](CNC(=O)c3ccc(C)s3)OC2=O)cc1. The zero-order valence-corrected chi connectivity index (χ0v) is 18.1. The first kappa shape index (κ1) is 20.4. The number of nitrogens with one attached hydrogen (secondary N) is 1. The molecule has 1 saturated heterocycles. The van der Waals surface area contributed by atoms with Crippen molar-refractivity contribution in [1.29, 1.82) is 0 Å². The lowest BCUT2D eigenvalue weighted by Crippen LogP contribution is -2.35. The fourth-order valence-electron chi connectivity index (χ4n) is 3.73. The molecule has 30 heavy (non-hydrogen) atoms. The number of nitrogens with zero attached hydrogens (tertiary/aromatic N) is 3. The van der Waals surface area contributed by atoms with Gasteiger partial charge in [0.2, 0.25) is 0 Å². The molecule has 2 aliphatic heterocycles. The second kappa shape index (κ2) is 8.87. The lowest BCUT2D eigenvalue weighted by Gasteiger charge is -2.29. The summed E-state index contributed by atoms with van der Waals surface area (Å²) in [5.74, 6) is 0.966. The number of amides is 2. The molecule has 1 atom stereocenters. The molecule has 3 heterocycles. The zero-order valence-electron chi connectivity index (χ0n) is 17.3. The van der Waals surface area contributed by atoms with Gasteiger partial charge in [0.05, 0.1) is 18.0 Å². The maximum absolute atomic E-state index is 12.4. The molecule has 2 amide bonds. The van der Waals surface area contributed by atoms with Gasteiger partial charge < -0.3 is 15.0 Å². The third kappa shape index (κ3) is 4.33. The second-order valence-electron chi connectivity index (χ2n) is 7.41. The maximum Gasteiger partial charge on any atom is 0.414 e. The van der Waals surface area contributed by atoms with Gasteiger partial charge in [-0.1, -0.05) is 6.92 Å². The summed E-state index contributed by atoms with van der Waals surface area (Å²) in [5.41, 5.74) is 1.88. The number of hydrogen-bond donors (Lipinski definition) is 1. The van der Waals surface area contributed by atoms with Crippen LogP contribution in [0.5, 0.6) is 0 Å². The van der Waals surface area contributed by atoms with Crippen molar-refractivity contribution in [2.45, 2.75) is 32.8 Å². The van der Waals surface area contributed by atoms with Gasteiger partial charge in [-0.25, -0.2) is 4.79 Å². The van der Waals surface area contributed by atoms with Gasteiger partial charge in [-0.05, 0) is 49.7 Å². The highest BCUT2D eigenvalue weighted by Crippen LogP contribution is 2.26. The predicted molar refractivity (Wildman–Crippen MR) is 120 cm³/mol. The van der Waals surface area contributed by atoms with Crippen LogP contribution in [-0.4, -0.2) is 50.1 Å². The van der Waals surface area contributed by atoms with E-state index in [-0.39, 0.29) is 18.1 Å². The molecule has 2 aliphatic rings. The summed E-state index contributed by atoms with van der Waals surface area (Å²) < 4.78 is 5.45. The standard InChI is InChI=1S/C22H26N4O3S/c1-3-20-23-11-4-12-25(20)16-6-8-17(9-7-16)26-14-18(29-22(26)28)13-24-21(27)19-10-5-15(2)30-19/h5-10,18H,3-4,11-14H2,1-2H3,(H,24,27)/t18-/m0/s1. The summed E-state index contributed by atoms with van der Waals surface area (Å²) in [5, 5.41) is 2.86. The van der Waals surface area contributed by atoms with E-state index < -0.39 is 0 Å². The van der Waals surface area contributed by atoms with Crippen LogP contribution < -0.4 is 15.1 Å². The Labute approximate surface area is 180 Å². The summed E-state index contributed by atoms with van der Waals surface area (Å²) in [6.45, 7) is 6.63. The van der Waals surface area contributed by atoms with E-state index in [2.05, 4.69) is 22.1 Å². The molecule has 4 rings (SSSR count). The fraction of sp³-hybridized carbons (Fsp3) is 0.409. The molecule has 1 fully saturated rings. The molecule has 0 bridgehead atoms. The quantitative estimate of drug-likeness (QED) is 0.762. The molecular formula is C22H26N4O3S. The van der Waals surface area contributed by atoms with Crippen LogP contribution in [0.1, 0.15) is 34.3 Å². The number of amidine groups is 1. The van der Waals surface area contributed by atoms with Crippen LogP contribution in [0.2, 0.25) is 0 Å². The molecule has 1 aromatic carbocycles. The number of benzene rings is 1. The van der Waals surface area contributed by atoms with E-state index in [9.17, 15) is 9.59 Å². The van der Waals surface area contributed by atoms with Crippen molar-refractivity contribution in [3.05, 3.63) is 46.2 Å². The van der Waals surface area contributed by atoms with Crippen LogP contribution in [0.15, 0.2) is 41.4 Å². The fourth-order valence-corrected chi connectivity index (χ4v) is 4.52. The highest BCUT2D eigenvalue weighted by molar-refractivity contribution is 7.13. The van der Waals surface area contributed by atoms with Crippen LogP contribution in [-0.2, 0) is 4.74 Å². The Kier molecular flexibility index (Phi) is 6.03. The largest absolute Gasteiger partial charge is 0.442 e. The lowest BCUT2D eigenvalue weighted by molar-refractivity contribution is 0.0920. The number of anilines is 2. The van der Waals surface area contributed by atoms with E-state index in [1.54, 1.807) is 11.0 Å². The first-order valence-corrected chi connectivity index (χ1v) is 11.1. The van der Waals surface area contributed by atoms with Crippen molar-refractivity contribution in [3.8, 4) is 0 Å². The number of rotatable bonds is 6. The summed E-state index contributed by atoms with van der Waals surface area (Å²) in [6.07, 6.45) is 1.19. The third-order valence-electron chi connectivity index (χ3n) is 5.26. The summed E-state index contributed by atoms with van der Waals surface area (Å²) in [7, 11) is 0. The number of ether oxygens (including phenoxy) is 1. The Morgan fingerprint density at radius 1 is 1.20 bits per heavy atom. The number of aliphatic imine (C=N–C) groups is 1. The van der Waals surface area contributed by atoms with Crippen molar-refractivity contribution in [3.63, 3.8) is 0 Å². The van der Waals surface area contributed by atoms with Gasteiger partial charge in [0, 0.05) is 35.8 Å². The topological polar surface area (TPSA) is 74.2 Å². The summed E-state index contributed by atoms with van der Waals surface area (Å²) in [6, 6.07) is 11.6. The van der Waals surface area contributed by atoms with E-state index in [1.807, 2.05) is 37.3 Å². The molecule has 0 aliphatic carbocycles. The average Bonchev–Trinajstić information content (AvgIpc) is 3.37. The van der Waals surface area contributed by atoms with Crippen LogP contribution in [0.25, 0.3) is 0 Å². The van der Waals surface area contributed by atoms with Gasteiger partial charge in [-0.3, -0.25) is 14.7 Å². The third-order valence-corrected chi connectivity index (χ3v) is 6.26. The maximum atomic E-state index is 12.4. The minimum absolute atomic E-state index is 0.137. The number of aryl methyl sites for hydroxylation is 1. The van der Waals surface area contributed by atoms with Crippen molar-refractivity contribution in [1.82, 2.24) is 5.32 Å². The first-order valence-electron chi connectivity index (χ1n) is 10.3. The van der Waals surface area contributed by atoms with Crippen molar-refractivity contribution >= 4 is 40.5 Å². The van der Waals surface area contributed by atoms with E-state index >= 15 is 0 Å². The Morgan fingerprint density at radius 3 is 2.60 bits per heavy atom. The van der Waals surface area contributed by atoms with Gasteiger partial charge in [0.1, 0.15) is 11.9 Å². The van der Waals surface area contributed by atoms with Crippen LogP contribution in [0.4, 0.5) is 16.2 Å². The Hall–Kier alpha value is -2.87. The van der Waals surface area contributed by atoms with Crippen LogP contribution >= 0.6 is 11.3 Å². The summed E-state index contributed by atoms with van der Waals surface area (Å²) in [4.78, 5) is 34.8. The number of hydrogen-bond acceptors (Lipinski definition) is 6. The minimum atomic E-state index is -0.386. The van der Waals surface area contributed by atoms with Gasteiger partial charge in [-0.15, -0.1) is 11.3 Å². The Balaban J connectivity index is 1.36. The lowest BCUT2D eigenvalue weighted by atomic mass is 10.2. The van der Waals surface area contributed by atoms with Crippen molar-refractivity contribution in [2.24, 2.45) is 4.99 Å². The highest BCUT2D eigenvalue weighted by atomic mass is 32.1. The van der Waals surface area contributed by atoms with Crippen molar-refractivity contribution in [2.75, 3.05) is 36.0 Å². The van der Waals surface area contributed by atoms with Gasteiger partial charge in [-0.2, -0.15) is 0 Å². The second-order valence-corrected chi connectivity index (χ2v) is 8.70. The molecular weight excluding hydrogens is 400 g/mol. The number of thiophene rings is 1. The molecule has 8 heteroatoms. The number of cyclic esters (lactones) is 1. The van der Waals surface area contributed by atoms with Crippen molar-refractivity contribution < 1.29 is 14.3 Å². The Bertz CT molecular complexity index is 954. The van der Waals surface area contributed by atoms with Gasteiger partial charge in [0.25, 0.3) is 5.91 Å². The molecule has 1 aromatic heterocycles. The van der Waals surface area contributed by atoms with Crippen LogP contribution in [0.3, 0.4) is 0 Å². The normalized spacial score (nSPS) is 18.9. The molecule has 7 nitrogen and oxygen atoms in total. The predicted octanol–water partition coefficient (Wildman–Crippen LogP) is 3.83. The number of carbonyl (C=O) groups excluding carboxylic acids is 2. The minimum Gasteiger partial charge on any atom is -0.442 e. The molecule has 0 spiro atoms. The molecule has 0 saturated carbocycles. The van der Waals surface area contributed by atoms with Gasteiger partial charge >= 0.3 is 6.09 Å². The number of carbonyl (C=O) groups is 2. The molecule has 2 aromatic rings. The smallest absolute Gasteiger partial charge is 0.414 e. The molecule has 0 unspecified atom stereocenters. The van der Waals surface area contributed by atoms with Gasteiger partial charge in [0.15, 0.2) is 0 Å². The van der Waals surface area contributed by atoms with Crippen LogP contribution in [0, 0.1) is 6.92 Å². The van der Waals surface area contributed by atoms with E-state index in [0.29, 0.717) is 18.0 Å². The first-order chi connectivity index (χ1) is 14.5. The average molecular weight is 427 g/mol. The highest BCUT2D eigenvalue weighted by Gasteiger charge is 2.32. The summed E-state index contributed by atoms with van der Waals surface area (Å²) >= 11 is 1.45.